The lowest BCUT2D eigenvalue weighted by molar-refractivity contribution is -0.144. The molecule has 3 N–H and O–H groups in total. The number of carbonyl (C=O) groups excluding carboxylic acids is 3. The highest BCUT2D eigenvalue weighted by Crippen LogP contribution is 2.20. The minimum atomic E-state index is -0.968. The number of esters is 1. The molecular weight excluding hydrogens is 432 g/mol. The lowest BCUT2D eigenvalue weighted by Gasteiger charge is -2.21. The topological polar surface area (TPSA) is 98.5 Å². The van der Waals surface area contributed by atoms with Gasteiger partial charge in [0.15, 0.2) is 0 Å². The number of amides is 2. The Labute approximate surface area is 151 Å². The van der Waals surface area contributed by atoms with Crippen LogP contribution in [0.1, 0.15) is 30.6 Å². The molecule has 126 valence electrons. The van der Waals surface area contributed by atoms with Crippen molar-refractivity contribution in [2.75, 3.05) is 6.61 Å². The predicted octanol–water partition coefficient (Wildman–Crippen LogP) is 2.38. The van der Waals surface area contributed by atoms with Gasteiger partial charge in [-0.05, 0) is 31.0 Å². The average molecular weight is 450 g/mol. The normalized spacial score (nSPS) is 13.0. The van der Waals surface area contributed by atoms with Crippen LogP contribution in [-0.2, 0) is 14.3 Å². The van der Waals surface area contributed by atoms with Crippen LogP contribution in [0.3, 0.4) is 0 Å². The van der Waals surface area contributed by atoms with E-state index in [4.69, 9.17) is 10.5 Å². The smallest absolute Gasteiger partial charge is 0.306 e. The van der Waals surface area contributed by atoms with Crippen LogP contribution in [0.25, 0.3) is 0 Å². The Morgan fingerprint density at radius 3 is 2.26 bits per heavy atom. The standard InChI is InChI=1S/C15H18Br2N2O4/c1-3-23-12(20)4-8(2)13(14(18)21)19-15(22)9-5-10(16)7-11(17)6-9/h5-8,13H,3-4H2,1-2H3,(H2,18,21)(H,19,22)/t8-,13+/m0/s1. The second kappa shape index (κ2) is 9.02. The van der Waals surface area contributed by atoms with Gasteiger partial charge in [0.05, 0.1) is 13.0 Å². The Bertz CT molecular complexity index is 587. The summed E-state index contributed by atoms with van der Waals surface area (Å²) in [5.41, 5.74) is 5.71. The van der Waals surface area contributed by atoms with E-state index in [9.17, 15) is 14.4 Å². The minimum absolute atomic E-state index is 0.0100. The summed E-state index contributed by atoms with van der Waals surface area (Å²) in [5, 5.41) is 2.57. The van der Waals surface area contributed by atoms with Gasteiger partial charge in [-0.1, -0.05) is 38.8 Å². The van der Waals surface area contributed by atoms with Crippen molar-refractivity contribution in [1.29, 1.82) is 0 Å². The molecule has 0 radical (unpaired) electrons. The van der Waals surface area contributed by atoms with Gasteiger partial charge in [0.1, 0.15) is 6.04 Å². The molecule has 0 saturated heterocycles. The number of nitrogens with one attached hydrogen (secondary N) is 1. The molecule has 0 aromatic heterocycles. The van der Waals surface area contributed by atoms with Gasteiger partial charge in [0, 0.05) is 14.5 Å². The molecule has 0 aliphatic heterocycles. The zero-order chi connectivity index (χ0) is 17.6. The second-order valence-electron chi connectivity index (χ2n) is 5.00. The molecule has 2 amide bonds. The molecule has 23 heavy (non-hydrogen) atoms. The highest BCUT2D eigenvalue weighted by atomic mass is 79.9. The Kier molecular flexibility index (Phi) is 7.70. The average Bonchev–Trinajstić information content (AvgIpc) is 2.42. The van der Waals surface area contributed by atoms with E-state index in [1.165, 1.54) is 0 Å². The van der Waals surface area contributed by atoms with Crippen LogP contribution in [0.4, 0.5) is 0 Å². The van der Waals surface area contributed by atoms with E-state index < -0.39 is 29.7 Å². The van der Waals surface area contributed by atoms with E-state index in [1.54, 1.807) is 32.0 Å². The van der Waals surface area contributed by atoms with Crippen molar-refractivity contribution in [1.82, 2.24) is 5.32 Å². The van der Waals surface area contributed by atoms with Crippen molar-refractivity contribution in [3.05, 3.63) is 32.7 Å². The van der Waals surface area contributed by atoms with Crippen LogP contribution < -0.4 is 11.1 Å². The maximum Gasteiger partial charge on any atom is 0.306 e. The monoisotopic (exact) mass is 448 g/mol. The molecule has 0 fully saturated rings. The number of nitrogens with two attached hydrogens (primary N) is 1. The molecule has 0 unspecified atom stereocenters. The number of benzene rings is 1. The van der Waals surface area contributed by atoms with E-state index in [2.05, 4.69) is 37.2 Å². The van der Waals surface area contributed by atoms with Gasteiger partial charge in [-0.25, -0.2) is 0 Å². The third-order valence-corrected chi connectivity index (χ3v) is 4.00. The summed E-state index contributed by atoms with van der Waals surface area (Å²) in [6.07, 6.45) is -0.0100. The van der Waals surface area contributed by atoms with Crippen molar-refractivity contribution in [3.8, 4) is 0 Å². The maximum atomic E-state index is 12.3. The molecule has 0 heterocycles. The first-order valence-electron chi connectivity index (χ1n) is 6.96. The van der Waals surface area contributed by atoms with Crippen LogP contribution in [-0.4, -0.2) is 30.4 Å². The quantitative estimate of drug-likeness (QED) is 0.624. The molecule has 0 bridgehead atoms. The molecule has 0 spiro atoms. The fraction of sp³-hybridized carbons (Fsp3) is 0.400. The summed E-state index contributed by atoms with van der Waals surface area (Å²) in [6.45, 7) is 3.61. The predicted molar refractivity (Wildman–Crippen MR) is 92.7 cm³/mol. The van der Waals surface area contributed by atoms with Crippen molar-refractivity contribution >= 4 is 49.6 Å². The molecule has 0 aliphatic rings. The number of halogens is 2. The van der Waals surface area contributed by atoms with Crippen molar-refractivity contribution in [2.24, 2.45) is 11.7 Å². The molecule has 1 rings (SSSR count). The molecule has 6 nitrogen and oxygen atoms in total. The Morgan fingerprint density at radius 2 is 1.78 bits per heavy atom. The molecule has 0 saturated carbocycles. The van der Waals surface area contributed by atoms with Gasteiger partial charge >= 0.3 is 5.97 Å². The maximum absolute atomic E-state index is 12.3. The van der Waals surface area contributed by atoms with Crippen LogP contribution in [0.15, 0.2) is 27.1 Å². The first-order valence-corrected chi connectivity index (χ1v) is 8.55. The first-order chi connectivity index (χ1) is 10.7. The molecule has 8 heteroatoms. The molecule has 0 aliphatic carbocycles. The Hall–Kier alpha value is -1.41. The van der Waals surface area contributed by atoms with Crippen molar-refractivity contribution in [3.63, 3.8) is 0 Å². The van der Waals surface area contributed by atoms with Crippen LogP contribution in [0.5, 0.6) is 0 Å². The first kappa shape index (κ1) is 19.6. The van der Waals surface area contributed by atoms with Crippen molar-refractivity contribution in [2.45, 2.75) is 26.3 Å². The summed E-state index contributed by atoms with van der Waals surface area (Å²) in [4.78, 5) is 35.4. The van der Waals surface area contributed by atoms with Gasteiger partial charge in [0.2, 0.25) is 5.91 Å². The molecular formula is C15H18Br2N2O4. The highest BCUT2D eigenvalue weighted by Gasteiger charge is 2.27. The third kappa shape index (κ3) is 6.31. The highest BCUT2D eigenvalue weighted by molar-refractivity contribution is 9.11. The van der Waals surface area contributed by atoms with Gasteiger partial charge in [-0.3, -0.25) is 14.4 Å². The number of rotatable bonds is 7. The SMILES string of the molecule is CCOC(=O)C[C@H](C)[C@@H](NC(=O)c1cc(Br)cc(Br)c1)C(N)=O. The summed E-state index contributed by atoms with van der Waals surface area (Å²) in [6, 6.07) is 4.05. The number of primary amides is 1. The van der Waals surface area contributed by atoms with Crippen molar-refractivity contribution < 1.29 is 19.1 Å². The van der Waals surface area contributed by atoms with Gasteiger partial charge in [-0.15, -0.1) is 0 Å². The largest absolute Gasteiger partial charge is 0.466 e. The van der Waals surface area contributed by atoms with Gasteiger partial charge in [0.25, 0.3) is 5.91 Å². The molecule has 1 aromatic rings. The van der Waals surface area contributed by atoms with Gasteiger partial charge in [-0.2, -0.15) is 0 Å². The van der Waals surface area contributed by atoms with Crippen LogP contribution in [0.2, 0.25) is 0 Å². The van der Waals surface area contributed by atoms with E-state index in [0.29, 0.717) is 14.5 Å². The summed E-state index contributed by atoms with van der Waals surface area (Å²) < 4.78 is 6.28. The molecule has 1 aromatic carbocycles. The number of ether oxygens (including phenoxy) is 1. The fourth-order valence-electron chi connectivity index (χ4n) is 2.00. The summed E-state index contributed by atoms with van der Waals surface area (Å²) in [7, 11) is 0. The zero-order valence-electron chi connectivity index (χ0n) is 12.8. The van der Waals surface area contributed by atoms with E-state index in [-0.39, 0.29) is 13.0 Å². The zero-order valence-corrected chi connectivity index (χ0v) is 15.9. The fourth-order valence-corrected chi connectivity index (χ4v) is 3.30. The third-order valence-electron chi connectivity index (χ3n) is 3.08. The lowest BCUT2D eigenvalue weighted by atomic mass is 9.97. The van der Waals surface area contributed by atoms with E-state index >= 15 is 0 Å². The Balaban J connectivity index is 2.84. The van der Waals surface area contributed by atoms with E-state index in [1.807, 2.05) is 0 Å². The van der Waals surface area contributed by atoms with Crippen LogP contribution >= 0.6 is 31.9 Å². The lowest BCUT2D eigenvalue weighted by Crippen LogP contribution is -2.49. The van der Waals surface area contributed by atoms with Crippen LogP contribution in [0, 0.1) is 5.92 Å². The van der Waals surface area contributed by atoms with Gasteiger partial charge < -0.3 is 15.8 Å². The number of hydrogen-bond donors (Lipinski definition) is 2. The minimum Gasteiger partial charge on any atom is -0.466 e. The number of carbonyl (C=O) groups is 3. The number of hydrogen-bond acceptors (Lipinski definition) is 4. The summed E-state index contributed by atoms with van der Waals surface area (Å²) in [5.74, 6) is -2.08. The summed E-state index contributed by atoms with van der Waals surface area (Å²) >= 11 is 6.59. The Morgan fingerprint density at radius 1 is 1.22 bits per heavy atom. The molecule has 2 atom stereocenters. The van der Waals surface area contributed by atoms with E-state index in [0.717, 1.165) is 0 Å². The second-order valence-corrected chi connectivity index (χ2v) is 6.83.